The summed E-state index contributed by atoms with van der Waals surface area (Å²) in [4.78, 5) is 32.3. The largest absolute Gasteiger partial charge is 0.453 e. The molecule has 0 aliphatic carbocycles. The zero-order chi connectivity index (χ0) is 18.1. The standard InChI is InChI=1S/C21H16N2O3/c1-13-20(15-7-3-5-9-17(15)22-13)19(24)12-26-21(25)18-11-10-14-6-2-4-8-16(14)23-18/h2-11,22H,12H2,1H3. The number of Topliss-reactive ketones (excluding diaryl/α,β-unsaturated/α-hetero) is 1. The van der Waals surface area contributed by atoms with Crippen molar-refractivity contribution < 1.29 is 14.3 Å². The van der Waals surface area contributed by atoms with Crippen LogP contribution in [0, 0.1) is 6.92 Å². The third-order valence-corrected chi connectivity index (χ3v) is 4.31. The number of carbonyl (C=O) groups is 2. The van der Waals surface area contributed by atoms with Crippen LogP contribution >= 0.6 is 0 Å². The molecule has 0 radical (unpaired) electrons. The Balaban J connectivity index is 1.53. The van der Waals surface area contributed by atoms with Gasteiger partial charge in [-0.05, 0) is 25.1 Å². The van der Waals surface area contributed by atoms with Crippen LogP contribution in [0.4, 0.5) is 0 Å². The van der Waals surface area contributed by atoms with Crippen LogP contribution < -0.4 is 0 Å². The van der Waals surface area contributed by atoms with Gasteiger partial charge < -0.3 is 9.72 Å². The Labute approximate surface area is 149 Å². The Bertz CT molecular complexity index is 1140. The van der Waals surface area contributed by atoms with Crippen molar-refractivity contribution in [2.24, 2.45) is 0 Å². The average Bonchev–Trinajstić information content (AvgIpc) is 3.01. The number of ether oxygens (including phenoxy) is 1. The van der Waals surface area contributed by atoms with Crippen LogP contribution in [0.25, 0.3) is 21.8 Å². The summed E-state index contributed by atoms with van der Waals surface area (Å²) in [5, 5.41) is 1.77. The Morgan fingerprint density at radius 3 is 2.65 bits per heavy atom. The number of aromatic amines is 1. The van der Waals surface area contributed by atoms with Gasteiger partial charge in [-0.2, -0.15) is 0 Å². The average molecular weight is 344 g/mol. The topological polar surface area (TPSA) is 72.1 Å². The van der Waals surface area contributed by atoms with E-state index in [2.05, 4.69) is 9.97 Å². The van der Waals surface area contributed by atoms with Gasteiger partial charge in [-0.1, -0.05) is 42.5 Å². The second-order valence-corrected chi connectivity index (χ2v) is 6.06. The minimum Gasteiger partial charge on any atom is -0.453 e. The van der Waals surface area contributed by atoms with Crippen LogP contribution in [0.5, 0.6) is 0 Å². The maximum atomic E-state index is 12.6. The minimum absolute atomic E-state index is 0.187. The first-order valence-electron chi connectivity index (χ1n) is 8.27. The number of nitrogens with one attached hydrogen (secondary N) is 1. The van der Waals surface area contributed by atoms with E-state index < -0.39 is 5.97 Å². The Hall–Kier alpha value is -3.47. The van der Waals surface area contributed by atoms with Crippen LogP contribution in [0.15, 0.2) is 60.7 Å². The number of nitrogens with zero attached hydrogens (tertiary/aromatic N) is 1. The summed E-state index contributed by atoms with van der Waals surface area (Å²) < 4.78 is 5.20. The number of aromatic nitrogens is 2. The van der Waals surface area contributed by atoms with Crippen LogP contribution in [0.1, 0.15) is 26.5 Å². The lowest BCUT2D eigenvalue weighted by Gasteiger charge is -2.05. The molecular formula is C21H16N2O3. The predicted molar refractivity (Wildman–Crippen MR) is 99.4 cm³/mol. The van der Waals surface area contributed by atoms with Crippen LogP contribution in [0.3, 0.4) is 0 Å². The van der Waals surface area contributed by atoms with E-state index in [9.17, 15) is 9.59 Å². The molecule has 0 atom stereocenters. The molecule has 1 N–H and O–H groups in total. The number of pyridine rings is 1. The molecule has 0 fully saturated rings. The molecule has 128 valence electrons. The lowest BCUT2D eigenvalue weighted by molar-refractivity contribution is 0.0469. The summed E-state index contributed by atoms with van der Waals surface area (Å²) in [5.41, 5.74) is 3.10. The van der Waals surface area contributed by atoms with E-state index in [0.717, 1.165) is 22.0 Å². The highest BCUT2D eigenvalue weighted by Crippen LogP contribution is 2.22. The number of H-pyrrole nitrogens is 1. The fourth-order valence-corrected chi connectivity index (χ4v) is 3.09. The summed E-state index contributed by atoms with van der Waals surface area (Å²) in [5.74, 6) is -0.851. The first-order chi connectivity index (χ1) is 12.6. The molecule has 0 aliphatic heterocycles. The van der Waals surface area contributed by atoms with Gasteiger partial charge in [0.05, 0.1) is 5.52 Å². The van der Waals surface area contributed by atoms with E-state index >= 15 is 0 Å². The number of carbonyl (C=O) groups excluding carboxylic acids is 2. The van der Waals surface area contributed by atoms with Gasteiger partial charge in [-0.15, -0.1) is 0 Å². The van der Waals surface area contributed by atoms with Gasteiger partial charge in [0.15, 0.2) is 6.61 Å². The molecule has 0 spiro atoms. The molecule has 0 saturated heterocycles. The van der Waals surface area contributed by atoms with Gasteiger partial charge in [0.2, 0.25) is 5.78 Å². The van der Waals surface area contributed by atoms with E-state index in [-0.39, 0.29) is 18.1 Å². The van der Waals surface area contributed by atoms with Crippen LogP contribution in [-0.2, 0) is 4.74 Å². The van der Waals surface area contributed by atoms with Gasteiger partial charge in [0.1, 0.15) is 5.69 Å². The number of rotatable bonds is 4. The van der Waals surface area contributed by atoms with Gasteiger partial charge in [0, 0.05) is 27.5 Å². The Kier molecular flexibility index (Phi) is 3.97. The van der Waals surface area contributed by atoms with E-state index in [1.54, 1.807) is 6.07 Å². The van der Waals surface area contributed by atoms with Gasteiger partial charge in [0.25, 0.3) is 0 Å². The van der Waals surface area contributed by atoms with Gasteiger partial charge >= 0.3 is 5.97 Å². The highest BCUT2D eigenvalue weighted by molar-refractivity contribution is 6.10. The van der Waals surface area contributed by atoms with E-state index in [1.807, 2.05) is 61.5 Å². The van der Waals surface area contributed by atoms with Crippen molar-refractivity contribution in [3.8, 4) is 0 Å². The first kappa shape index (κ1) is 16.0. The summed E-state index contributed by atoms with van der Waals surface area (Å²) >= 11 is 0. The van der Waals surface area contributed by atoms with E-state index in [4.69, 9.17) is 4.74 Å². The highest BCUT2D eigenvalue weighted by atomic mass is 16.5. The third-order valence-electron chi connectivity index (χ3n) is 4.31. The number of hydrogen-bond acceptors (Lipinski definition) is 4. The minimum atomic E-state index is -0.610. The molecule has 4 rings (SSSR count). The van der Waals surface area contributed by atoms with Crippen molar-refractivity contribution in [2.45, 2.75) is 6.92 Å². The molecule has 0 bridgehead atoms. The van der Waals surface area contributed by atoms with Crippen molar-refractivity contribution in [2.75, 3.05) is 6.61 Å². The summed E-state index contributed by atoms with van der Waals surface area (Å²) in [7, 11) is 0. The lowest BCUT2D eigenvalue weighted by atomic mass is 10.1. The number of aryl methyl sites for hydroxylation is 1. The molecule has 0 amide bonds. The Morgan fingerprint density at radius 1 is 1.00 bits per heavy atom. The SMILES string of the molecule is Cc1[nH]c2ccccc2c1C(=O)COC(=O)c1ccc2ccccc2n1. The molecule has 26 heavy (non-hydrogen) atoms. The second-order valence-electron chi connectivity index (χ2n) is 6.06. The third kappa shape index (κ3) is 2.84. The number of esters is 1. The number of ketones is 1. The van der Waals surface area contributed by atoms with Crippen molar-refractivity contribution in [3.63, 3.8) is 0 Å². The highest BCUT2D eigenvalue weighted by Gasteiger charge is 2.18. The maximum Gasteiger partial charge on any atom is 0.357 e. The lowest BCUT2D eigenvalue weighted by Crippen LogP contribution is -2.15. The molecule has 4 aromatic rings. The smallest absolute Gasteiger partial charge is 0.357 e. The summed E-state index contributed by atoms with van der Waals surface area (Å²) in [6.07, 6.45) is 0. The van der Waals surface area contributed by atoms with Crippen molar-refractivity contribution in [1.29, 1.82) is 0 Å². The van der Waals surface area contributed by atoms with E-state index in [1.165, 1.54) is 0 Å². The van der Waals surface area contributed by atoms with Crippen molar-refractivity contribution >= 4 is 33.6 Å². The van der Waals surface area contributed by atoms with Gasteiger partial charge in [-0.25, -0.2) is 9.78 Å². The summed E-state index contributed by atoms with van der Waals surface area (Å²) in [6.45, 7) is 1.51. The first-order valence-corrected chi connectivity index (χ1v) is 8.27. The molecule has 2 aromatic heterocycles. The zero-order valence-electron chi connectivity index (χ0n) is 14.2. The molecule has 2 heterocycles. The molecule has 2 aromatic carbocycles. The number of hydrogen-bond donors (Lipinski definition) is 1. The van der Waals surface area contributed by atoms with Crippen LogP contribution in [-0.4, -0.2) is 28.3 Å². The molecule has 5 heteroatoms. The number of fused-ring (bicyclic) bond motifs is 2. The number of benzene rings is 2. The Morgan fingerprint density at radius 2 is 1.77 bits per heavy atom. The quantitative estimate of drug-likeness (QED) is 0.447. The van der Waals surface area contributed by atoms with Crippen LogP contribution in [0.2, 0.25) is 0 Å². The monoisotopic (exact) mass is 344 g/mol. The normalized spacial score (nSPS) is 11.0. The molecule has 0 aliphatic rings. The molecular weight excluding hydrogens is 328 g/mol. The predicted octanol–water partition coefficient (Wildman–Crippen LogP) is 4.06. The van der Waals surface area contributed by atoms with Gasteiger partial charge in [-0.3, -0.25) is 4.79 Å². The molecule has 0 saturated carbocycles. The van der Waals surface area contributed by atoms with Crippen molar-refractivity contribution in [1.82, 2.24) is 9.97 Å². The maximum absolute atomic E-state index is 12.6. The fraction of sp³-hybridized carbons (Fsp3) is 0.0952. The molecule has 0 unspecified atom stereocenters. The zero-order valence-corrected chi connectivity index (χ0v) is 14.2. The van der Waals surface area contributed by atoms with E-state index in [0.29, 0.717) is 11.1 Å². The number of para-hydroxylation sites is 2. The second kappa shape index (κ2) is 6.44. The summed E-state index contributed by atoms with van der Waals surface area (Å²) in [6, 6.07) is 18.5. The molecule has 5 nitrogen and oxygen atoms in total. The fourth-order valence-electron chi connectivity index (χ4n) is 3.09. The van der Waals surface area contributed by atoms with Crippen molar-refractivity contribution in [3.05, 3.63) is 77.6 Å².